The zero-order chi connectivity index (χ0) is 16.8. The molecule has 1 aromatic rings. The van der Waals surface area contributed by atoms with Gasteiger partial charge in [-0.15, -0.1) is 11.8 Å². The molecule has 0 atom stereocenters. The summed E-state index contributed by atoms with van der Waals surface area (Å²) < 4.78 is 0. The molecule has 130 valence electrons. The summed E-state index contributed by atoms with van der Waals surface area (Å²) >= 11 is 1.57. The SMILES string of the molecule is O=C(CCN1C(=O)CSc2ccccc21)NCC[NH+]1CCCCC1. The Kier molecular flexibility index (Phi) is 6.15. The van der Waals surface area contributed by atoms with E-state index in [-0.39, 0.29) is 11.8 Å². The Morgan fingerprint density at radius 1 is 1.21 bits per heavy atom. The van der Waals surface area contributed by atoms with Crippen molar-refractivity contribution >= 4 is 29.3 Å². The number of thioether (sulfide) groups is 1. The fourth-order valence-corrected chi connectivity index (χ4v) is 4.32. The van der Waals surface area contributed by atoms with Gasteiger partial charge in [-0.2, -0.15) is 0 Å². The fraction of sp³-hybridized carbons (Fsp3) is 0.556. The summed E-state index contributed by atoms with van der Waals surface area (Å²) in [5.41, 5.74) is 0.935. The van der Waals surface area contributed by atoms with Gasteiger partial charge in [0.2, 0.25) is 11.8 Å². The van der Waals surface area contributed by atoms with Gasteiger partial charge in [-0.25, -0.2) is 0 Å². The molecular weight excluding hydrogens is 322 g/mol. The second-order valence-corrected chi connectivity index (χ2v) is 7.48. The summed E-state index contributed by atoms with van der Waals surface area (Å²) in [6.07, 6.45) is 4.31. The lowest BCUT2D eigenvalue weighted by atomic mass is 10.1. The maximum Gasteiger partial charge on any atom is 0.237 e. The van der Waals surface area contributed by atoms with Crippen LogP contribution in [0.1, 0.15) is 25.7 Å². The molecule has 0 aromatic heterocycles. The van der Waals surface area contributed by atoms with Crippen LogP contribution in [0.2, 0.25) is 0 Å². The second kappa shape index (κ2) is 8.53. The van der Waals surface area contributed by atoms with Crippen molar-refractivity contribution in [2.24, 2.45) is 0 Å². The number of benzene rings is 1. The van der Waals surface area contributed by atoms with Gasteiger partial charge in [0.05, 0.1) is 37.6 Å². The molecule has 0 bridgehead atoms. The summed E-state index contributed by atoms with van der Waals surface area (Å²) in [6, 6.07) is 7.90. The van der Waals surface area contributed by atoms with E-state index in [4.69, 9.17) is 0 Å². The summed E-state index contributed by atoms with van der Waals surface area (Å²) in [7, 11) is 0. The van der Waals surface area contributed by atoms with E-state index < -0.39 is 0 Å². The Morgan fingerprint density at radius 2 is 2.00 bits per heavy atom. The maximum absolute atomic E-state index is 12.2. The van der Waals surface area contributed by atoms with Gasteiger partial charge in [-0.05, 0) is 31.4 Å². The first kappa shape index (κ1) is 17.3. The molecule has 1 saturated heterocycles. The Morgan fingerprint density at radius 3 is 2.83 bits per heavy atom. The average Bonchev–Trinajstić information content (AvgIpc) is 2.62. The number of likely N-dealkylation sites (tertiary alicyclic amines) is 1. The monoisotopic (exact) mass is 348 g/mol. The van der Waals surface area contributed by atoms with Crippen LogP contribution < -0.4 is 15.1 Å². The summed E-state index contributed by atoms with van der Waals surface area (Å²) in [5.74, 6) is 0.580. The number of nitrogens with zero attached hydrogens (tertiary/aromatic N) is 1. The van der Waals surface area contributed by atoms with Crippen molar-refractivity contribution in [3.63, 3.8) is 0 Å². The van der Waals surface area contributed by atoms with Crippen LogP contribution in [0, 0.1) is 0 Å². The van der Waals surface area contributed by atoms with E-state index >= 15 is 0 Å². The predicted molar refractivity (Wildman–Crippen MR) is 96.6 cm³/mol. The molecule has 0 spiro atoms. The predicted octanol–water partition coefficient (Wildman–Crippen LogP) is 0.700. The zero-order valence-corrected chi connectivity index (χ0v) is 14.9. The number of hydrogen-bond acceptors (Lipinski definition) is 3. The number of nitrogens with one attached hydrogen (secondary N) is 2. The minimum Gasteiger partial charge on any atom is -0.350 e. The largest absolute Gasteiger partial charge is 0.350 e. The van der Waals surface area contributed by atoms with Gasteiger partial charge in [0.1, 0.15) is 0 Å². The van der Waals surface area contributed by atoms with Crippen molar-refractivity contribution in [2.45, 2.75) is 30.6 Å². The Hall–Kier alpha value is -1.53. The van der Waals surface area contributed by atoms with Gasteiger partial charge in [-0.1, -0.05) is 12.1 Å². The number of hydrogen-bond donors (Lipinski definition) is 2. The maximum atomic E-state index is 12.2. The average molecular weight is 348 g/mol. The number of anilines is 1. The van der Waals surface area contributed by atoms with Gasteiger partial charge < -0.3 is 15.1 Å². The quantitative estimate of drug-likeness (QED) is 0.796. The van der Waals surface area contributed by atoms with Crippen LogP contribution in [-0.4, -0.2) is 50.3 Å². The smallest absolute Gasteiger partial charge is 0.237 e. The van der Waals surface area contributed by atoms with E-state index in [1.165, 1.54) is 32.4 Å². The number of fused-ring (bicyclic) bond motifs is 1. The molecule has 0 unspecified atom stereocenters. The molecule has 2 aliphatic heterocycles. The van der Waals surface area contributed by atoms with E-state index in [1.807, 2.05) is 24.3 Å². The third-order valence-corrected chi connectivity index (χ3v) is 5.78. The summed E-state index contributed by atoms with van der Waals surface area (Å²) in [6.45, 7) is 4.65. The Balaban J connectivity index is 1.43. The van der Waals surface area contributed by atoms with Gasteiger partial charge in [0.25, 0.3) is 0 Å². The molecule has 6 heteroatoms. The summed E-state index contributed by atoms with van der Waals surface area (Å²) in [4.78, 5) is 28.7. The molecule has 0 radical (unpaired) electrons. The summed E-state index contributed by atoms with van der Waals surface area (Å²) in [5, 5.41) is 3.01. The van der Waals surface area contributed by atoms with Crippen molar-refractivity contribution in [3.8, 4) is 0 Å². The van der Waals surface area contributed by atoms with Crippen molar-refractivity contribution in [2.75, 3.05) is 43.4 Å². The van der Waals surface area contributed by atoms with E-state index in [9.17, 15) is 9.59 Å². The van der Waals surface area contributed by atoms with Crippen LogP contribution in [0.25, 0.3) is 0 Å². The highest BCUT2D eigenvalue weighted by Crippen LogP contribution is 2.34. The lowest BCUT2D eigenvalue weighted by Gasteiger charge is -2.28. The molecule has 0 saturated carbocycles. The zero-order valence-electron chi connectivity index (χ0n) is 14.1. The van der Waals surface area contributed by atoms with Crippen LogP contribution in [0.3, 0.4) is 0 Å². The first-order valence-electron chi connectivity index (χ1n) is 8.86. The number of amides is 2. The number of piperidine rings is 1. The number of quaternary nitrogens is 1. The van der Waals surface area contributed by atoms with Crippen LogP contribution in [-0.2, 0) is 9.59 Å². The van der Waals surface area contributed by atoms with Crippen molar-refractivity contribution in [3.05, 3.63) is 24.3 Å². The molecule has 5 nitrogen and oxygen atoms in total. The van der Waals surface area contributed by atoms with Crippen LogP contribution in [0.4, 0.5) is 5.69 Å². The van der Waals surface area contributed by atoms with E-state index in [0.29, 0.717) is 18.7 Å². The van der Waals surface area contributed by atoms with Gasteiger partial charge in [-0.3, -0.25) is 9.59 Å². The molecule has 24 heavy (non-hydrogen) atoms. The minimum atomic E-state index is 0.0370. The first-order valence-corrected chi connectivity index (χ1v) is 9.85. The van der Waals surface area contributed by atoms with Crippen molar-refractivity contribution in [1.82, 2.24) is 5.32 Å². The normalized spacial score (nSPS) is 18.3. The van der Waals surface area contributed by atoms with E-state index in [0.717, 1.165) is 23.7 Å². The van der Waals surface area contributed by atoms with E-state index in [2.05, 4.69) is 5.32 Å². The molecule has 1 aromatic carbocycles. The molecule has 2 heterocycles. The molecule has 0 aliphatic carbocycles. The van der Waals surface area contributed by atoms with Crippen molar-refractivity contribution in [1.29, 1.82) is 0 Å². The fourth-order valence-electron chi connectivity index (χ4n) is 3.38. The minimum absolute atomic E-state index is 0.0370. The Bertz CT molecular complexity index is 587. The third kappa shape index (κ3) is 4.51. The molecule has 2 aliphatic rings. The highest BCUT2D eigenvalue weighted by molar-refractivity contribution is 8.00. The van der Waals surface area contributed by atoms with Crippen LogP contribution in [0.15, 0.2) is 29.2 Å². The van der Waals surface area contributed by atoms with Gasteiger partial charge >= 0.3 is 0 Å². The first-order chi connectivity index (χ1) is 11.7. The second-order valence-electron chi connectivity index (χ2n) is 6.46. The highest BCUT2D eigenvalue weighted by Gasteiger charge is 2.24. The molecule has 1 fully saturated rings. The molecule has 3 rings (SSSR count). The van der Waals surface area contributed by atoms with Crippen LogP contribution >= 0.6 is 11.8 Å². The molecular formula is C18H26N3O2S+. The number of para-hydroxylation sites is 1. The third-order valence-electron chi connectivity index (χ3n) is 4.73. The standard InChI is InChI=1S/C18H25N3O2S/c22-17(19-9-13-20-10-4-1-5-11-20)8-12-21-15-6-2-3-7-16(15)24-14-18(21)23/h2-3,6-7H,1,4-5,8-14H2,(H,19,22)/p+1. The number of rotatable bonds is 6. The van der Waals surface area contributed by atoms with E-state index in [1.54, 1.807) is 21.6 Å². The van der Waals surface area contributed by atoms with Gasteiger partial charge in [0.15, 0.2) is 0 Å². The van der Waals surface area contributed by atoms with Gasteiger partial charge in [0, 0.05) is 17.9 Å². The number of carbonyl (C=O) groups excluding carboxylic acids is 2. The van der Waals surface area contributed by atoms with Crippen molar-refractivity contribution < 1.29 is 14.5 Å². The van der Waals surface area contributed by atoms with Crippen LogP contribution in [0.5, 0.6) is 0 Å². The molecule has 2 amide bonds. The lowest BCUT2D eigenvalue weighted by Crippen LogP contribution is -3.13. The lowest BCUT2D eigenvalue weighted by molar-refractivity contribution is -0.903. The highest BCUT2D eigenvalue weighted by atomic mass is 32.2. The number of carbonyl (C=O) groups is 2. The molecule has 2 N–H and O–H groups in total. The topological polar surface area (TPSA) is 53.9 Å². The Labute approximate surface area is 147 Å².